The standard InChI is InChI=1S/C17H20N8O4/c1-28-13(27)5-4-12(26)23-6-8-24(9-7-23)16-20-15(18)25-17(21-16)19-14(22-25)11-3-2-10-29-11/h2-3,10H,4-9H2,1H3,(H2,18,19,20,21,22). The first-order valence-electron chi connectivity index (χ1n) is 9.09. The normalized spacial score (nSPS) is 14.4. The minimum absolute atomic E-state index is 0.0773. The molecule has 12 nitrogen and oxygen atoms in total. The summed E-state index contributed by atoms with van der Waals surface area (Å²) in [5.41, 5.74) is 6.03. The van der Waals surface area contributed by atoms with E-state index in [0.29, 0.717) is 49.5 Å². The zero-order valence-corrected chi connectivity index (χ0v) is 15.8. The van der Waals surface area contributed by atoms with Crippen molar-refractivity contribution in [3.8, 4) is 11.6 Å². The fraction of sp³-hybridized carbons (Fsp3) is 0.412. The summed E-state index contributed by atoms with van der Waals surface area (Å²) < 4.78 is 11.2. The molecule has 29 heavy (non-hydrogen) atoms. The van der Waals surface area contributed by atoms with Gasteiger partial charge in [-0.3, -0.25) is 9.59 Å². The number of ether oxygens (including phenoxy) is 1. The number of nitrogen functional groups attached to an aromatic ring is 1. The number of rotatable bonds is 5. The molecule has 1 saturated heterocycles. The summed E-state index contributed by atoms with van der Waals surface area (Å²) >= 11 is 0. The summed E-state index contributed by atoms with van der Waals surface area (Å²) in [6.07, 6.45) is 1.75. The van der Waals surface area contributed by atoms with Crippen LogP contribution in [0.1, 0.15) is 12.8 Å². The van der Waals surface area contributed by atoms with Crippen LogP contribution in [0.3, 0.4) is 0 Å². The number of esters is 1. The van der Waals surface area contributed by atoms with Gasteiger partial charge in [0.05, 0.1) is 19.8 Å². The lowest BCUT2D eigenvalue weighted by Gasteiger charge is -2.34. The highest BCUT2D eigenvalue weighted by molar-refractivity contribution is 5.81. The van der Waals surface area contributed by atoms with E-state index < -0.39 is 5.97 Å². The number of carbonyl (C=O) groups excluding carboxylic acids is 2. The van der Waals surface area contributed by atoms with Crippen LogP contribution in [-0.2, 0) is 14.3 Å². The molecule has 4 rings (SSSR count). The van der Waals surface area contributed by atoms with E-state index in [1.54, 1.807) is 17.0 Å². The number of furan rings is 1. The molecular weight excluding hydrogens is 380 g/mol. The summed E-state index contributed by atoms with van der Waals surface area (Å²) in [4.78, 5) is 40.2. The number of nitrogens with zero attached hydrogens (tertiary/aromatic N) is 7. The molecule has 1 aliphatic rings. The van der Waals surface area contributed by atoms with Gasteiger partial charge in [0.25, 0.3) is 5.78 Å². The Hall–Kier alpha value is -3.70. The molecule has 0 radical (unpaired) electrons. The van der Waals surface area contributed by atoms with Gasteiger partial charge in [-0.05, 0) is 12.1 Å². The Morgan fingerprint density at radius 2 is 1.97 bits per heavy atom. The number of methoxy groups -OCH3 is 1. The van der Waals surface area contributed by atoms with Gasteiger partial charge in [-0.2, -0.15) is 19.5 Å². The summed E-state index contributed by atoms with van der Waals surface area (Å²) in [5.74, 6) is 1.31. The van der Waals surface area contributed by atoms with Gasteiger partial charge in [0, 0.05) is 32.6 Å². The van der Waals surface area contributed by atoms with Gasteiger partial charge in [0.1, 0.15) is 0 Å². The first-order chi connectivity index (χ1) is 14.0. The Labute approximate surface area is 165 Å². The summed E-state index contributed by atoms with van der Waals surface area (Å²) in [6.45, 7) is 2.08. The second kappa shape index (κ2) is 7.73. The summed E-state index contributed by atoms with van der Waals surface area (Å²) in [5, 5.41) is 4.27. The number of carbonyl (C=O) groups is 2. The van der Waals surface area contributed by atoms with E-state index in [1.807, 2.05) is 4.90 Å². The minimum atomic E-state index is -0.392. The first-order valence-corrected chi connectivity index (χ1v) is 9.09. The lowest BCUT2D eigenvalue weighted by Crippen LogP contribution is -2.49. The maximum Gasteiger partial charge on any atom is 0.306 e. The lowest BCUT2D eigenvalue weighted by molar-refractivity contribution is -0.143. The van der Waals surface area contributed by atoms with Crippen molar-refractivity contribution in [2.45, 2.75) is 12.8 Å². The van der Waals surface area contributed by atoms with Crippen molar-refractivity contribution in [3.05, 3.63) is 18.4 Å². The van der Waals surface area contributed by atoms with Crippen molar-refractivity contribution in [2.75, 3.05) is 43.9 Å². The first kappa shape index (κ1) is 18.7. The molecule has 0 atom stereocenters. The van der Waals surface area contributed by atoms with Gasteiger partial charge >= 0.3 is 5.97 Å². The van der Waals surface area contributed by atoms with Crippen molar-refractivity contribution >= 4 is 29.6 Å². The predicted octanol–water partition coefficient (Wildman–Crippen LogP) is -0.0367. The largest absolute Gasteiger partial charge is 0.469 e. The number of fused-ring (bicyclic) bond motifs is 1. The molecule has 1 fully saturated rings. The van der Waals surface area contributed by atoms with Gasteiger partial charge < -0.3 is 24.7 Å². The fourth-order valence-electron chi connectivity index (χ4n) is 3.07. The SMILES string of the molecule is COC(=O)CCC(=O)N1CCN(c2nc(N)n3nc(-c4ccco4)nc3n2)CC1. The van der Waals surface area contributed by atoms with Crippen molar-refractivity contribution in [3.63, 3.8) is 0 Å². The molecule has 152 valence electrons. The molecular formula is C17H20N8O4. The van der Waals surface area contributed by atoms with Crippen LogP contribution in [0, 0.1) is 0 Å². The van der Waals surface area contributed by atoms with E-state index >= 15 is 0 Å². The van der Waals surface area contributed by atoms with E-state index in [2.05, 4.69) is 24.8 Å². The van der Waals surface area contributed by atoms with Crippen LogP contribution in [0.15, 0.2) is 22.8 Å². The fourth-order valence-corrected chi connectivity index (χ4v) is 3.07. The van der Waals surface area contributed by atoms with Gasteiger partial charge in [-0.25, -0.2) is 0 Å². The lowest BCUT2D eigenvalue weighted by atomic mass is 10.2. The second-order valence-corrected chi connectivity index (χ2v) is 6.45. The van der Waals surface area contributed by atoms with E-state index in [-0.39, 0.29) is 24.7 Å². The third kappa shape index (κ3) is 3.81. The quantitative estimate of drug-likeness (QED) is 0.579. The molecule has 0 spiro atoms. The van der Waals surface area contributed by atoms with Crippen LogP contribution in [0.5, 0.6) is 0 Å². The average Bonchev–Trinajstić information content (AvgIpc) is 3.41. The van der Waals surface area contributed by atoms with Crippen molar-refractivity contribution in [1.82, 2.24) is 29.5 Å². The monoisotopic (exact) mass is 400 g/mol. The maximum atomic E-state index is 12.2. The number of piperazine rings is 1. The second-order valence-electron chi connectivity index (χ2n) is 6.45. The third-order valence-electron chi connectivity index (χ3n) is 4.65. The van der Waals surface area contributed by atoms with E-state index in [1.165, 1.54) is 17.9 Å². The highest BCUT2D eigenvalue weighted by Crippen LogP contribution is 2.19. The number of amides is 1. The van der Waals surface area contributed by atoms with Crippen LogP contribution in [0.25, 0.3) is 17.4 Å². The molecule has 0 aromatic carbocycles. The van der Waals surface area contributed by atoms with Crippen molar-refractivity contribution in [2.24, 2.45) is 0 Å². The van der Waals surface area contributed by atoms with Gasteiger partial charge in [-0.1, -0.05) is 0 Å². The number of aromatic nitrogens is 5. The molecule has 1 aliphatic heterocycles. The molecule has 3 aromatic heterocycles. The molecule has 0 unspecified atom stereocenters. The average molecular weight is 400 g/mol. The Balaban J connectivity index is 1.44. The van der Waals surface area contributed by atoms with Crippen LogP contribution >= 0.6 is 0 Å². The molecule has 2 N–H and O–H groups in total. The smallest absolute Gasteiger partial charge is 0.306 e. The van der Waals surface area contributed by atoms with Crippen molar-refractivity contribution in [1.29, 1.82) is 0 Å². The minimum Gasteiger partial charge on any atom is -0.469 e. The van der Waals surface area contributed by atoms with Crippen LogP contribution in [0.2, 0.25) is 0 Å². The zero-order chi connectivity index (χ0) is 20.4. The molecule has 4 heterocycles. The summed E-state index contributed by atoms with van der Waals surface area (Å²) in [6, 6.07) is 3.49. The maximum absolute atomic E-state index is 12.2. The highest BCUT2D eigenvalue weighted by Gasteiger charge is 2.24. The third-order valence-corrected chi connectivity index (χ3v) is 4.65. The Kier molecular flexibility index (Phi) is 4.97. The Bertz CT molecular complexity index is 1020. The van der Waals surface area contributed by atoms with Crippen molar-refractivity contribution < 1.29 is 18.7 Å². The molecule has 0 bridgehead atoms. The zero-order valence-electron chi connectivity index (χ0n) is 15.8. The molecule has 0 saturated carbocycles. The molecule has 1 amide bonds. The van der Waals surface area contributed by atoms with Crippen LogP contribution < -0.4 is 10.6 Å². The van der Waals surface area contributed by atoms with Gasteiger partial charge in [0.2, 0.25) is 23.6 Å². The molecule has 3 aromatic rings. The topological polar surface area (TPSA) is 145 Å². The number of anilines is 2. The van der Waals surface area contributed by atoms with Gasteiger partial charge in [-0.15, -0.1) is 5.10 Å². The number of hydrogen-bond acceptors (Lipinski definition) is 10. The Morgan fingerprint density at radius 1 is 1.17 bits per heavy atom. The highest BCUT2D eigenvalue weighted by atomic mass is 16.5. The molecule has 0 aliphatic carbocycles. The van der Waals surface area contributed by atoms with Crippen LogP contribution in [0.4, 0.5) is 11.9 Å². The number of hydrogen-bond donors (Lipinski definition) is 1. The Morgan fingerprint density at radius 3 is 2.66 bits per heavy atom. The van der Waals surface area contributed by atoms with Crippen LogP contribution in [-0.4, -0.2) is 74.6 Å². The molecule has 12 heteroatoms. The summed E-state index contributed by atoms with van der Waals surface area (Å²) in [7, 11) is 1.31. The van der Waals surface area contributed by atoms with Gasteiger partial charge in [0.15, 0.2) is 5.76 Å². The van der Waals surface area contributed by atoms with E-state index in [4.69, 9.17) is 10.2 Å². The number of nitrogens with two attached hydrogens (primary N) is 1. The van der Waals surface area contributed by atoms with E-state index in [9.17, 15) is 9.59 Å². The predicted molar refractivity (Wildman–Crippen MR) is 101 cm³/mol. The van der Waals surface area contributed by atoms with E-state index in [0.717, 1.165) is 0 Å².